The van der Waals surface area contributed by atoms with Crippen LogP contribution in [0.15, 0.2) is 18.2 Å². The van der Waals surface area contributed by atoms with E-state index >= 15 is 0 Å². The third kappa shape index (κ3) is 3.91. The molecule has 6 heteroatoms. The number of ether oxygens (including phenoxy) is 1. The van der Waals surface area contributed by atoms with E-state index < -0.39 is 23.3 Å². The van der Waals surface area contributed by atoms with Gasteiger partial charge in [0.25, 0.3) is 0 Å². The summed E-state index contributed by atoms with van der Waals surface area (Å²) in [6, 6.07) is 3.34. The third-order valence-corrected chi connectivity index (χ3v) is 3.75. The van der Waals surface area contributed by atoms with E-state index in [4.69, 9.17) is 4.74 Å². The molecule has 1 aromatic rings. The van der Waals surface area contributed by atoms with E-state index in [9.17, 15) is 18.7 Å². The van der Waals surface area contributed by atoms with Gasteiger partial charge in [-0.2, -0.15) is 0 Å². The second kappa shape index (κ2) is 6.39. The number of benzene rings is 1. The number of hydrogen-bond donors (Lipinski definition) is 1. The largest absolute Gasteiger partial charge is 0.450 e. The standard InChI is InChI=1S/C15H19F2NO3/c1-2-21-14(19)18-7-5-15(20,6-8-18)10-11-3-4-12(16)9-13(11)17/h3-4,9,20H,2,5-8,10H2,1H3. The van der Waals surface area contributed by atoms with Gasteiger partial charge in [-0.3, -0.25) is 0 Å². The van der Waals surface area contributed by atoms with Crippen molar-refractivity contribution in [3.05, 3.63) is 35.4 Å². The topological polar surface area (TPSA) is 49.8 Å². The van der Waals surface area contributed by atoms with E-state index in [1.807, 2.05) is 0 Å². The molecule has 0 aliphatic carbocycles. The van der Waals surface area contributed by atoms with Crippen LogP contribution in [0.2, 0.25) is 0 Å². The Kier molecular flexibility index (Phi) is 4.77. The van der Waals surface area contributed by atoms with E-state index in [0.29, 0.717) is 32.5 Å². The monoisotopic (exact) mass is 299 g/mol. The minimum atomic E-state index is -1.08. The molecule has 0 aromatic heterocycles. The van der Waals surface area contributed by atoms with E-state index in [1.54, 1.807) is 6.92 Å². The number of carbonyl (C=O) groups is 1. The zero-order valence-corrected chi connectivity index (χ0v) is 11.9. The van der Waals surface area contributed by atoms with Gasteiger partial charge in [0.2, 0.25) is 0 Å². The van der Waals surface area contributed by atoms with E-state index in [-0.39, 0.29) is 12.0 Å². The van der Waals surface area contributed by atoms with Crippen molar-refractivity contribution in [2.75, 3.05) is 19.7 Å². The van der Waals surface area contributed by atoms with Crippen molar-refractivity contribution in [3.63, 3.8) is 0 Å². The first kappa shape index (κ1) is 15.7. The molecule has 4 nitrogen and oxygen atoms in total. The number of piperidine rings is 1. The zero-order chi connectivity index (χ0) is 15.5. The number of rotatable bonds is 3. The highest BCUT2D eigenvalue weighted by Gasteiger charge is 2.35. The number of likely N-dealkylation sites (tertiary alicyclic amines) is 1. The molecule has 0 saturated carbocycles. The van der Waals surface area contributed by atoms with Gasteiger partial charge in [0, 0.05) is 25.6 Å². The van der Waals surface area contributed by atoms with Crippen molar-refractivity contribution in [2.45, 2.75) is 31.8 Å². The summed E-state index contributed by atoms with van der Waals surface area (Å²) in [6.07, 6.45) is 0.383. The van der Waals surface area contributed by atoms with Crippen LogP contribution < -0.4 is 0 Å². The number of nitrogens with zero attached hydrogens (tertiary/aromatic N) is 1. The van der Waals surface area contributed by atoms with Crippen LogP contribution in [0.25, 0.3) is 0 Å². The maximum atomic E-state index is 13.6. The second-order valence-corrected chi connectivity index (χ2v) is 5.32. The van der Waals surface area contributed by atoms with Crippen LogP contribution in [-0.4, -0.2) is 41.4 Å². The number of hydrogen-bond acceptors (Lipinski definition) is 3. The van der Waals surface area contributed by atoms with Crippen molar-refractivity contribution in [1.29, 1.82) is 0 Å². The molecule has 1 N–H and O–H groups in total. The van der Waals surface area contributed by atoms with Crippen molar-refractivity contribution in [2.24, 2.45) is 0 Å². The lowest BCUT2D eigenvalue weighted by atomic mass is 9.85. The summed E-state index contributed by atoms with van der Waals surface area (Å²) in [5, 5.41) is 10.5. The molecular formula is C15H19F2NO3. The molecule has 2 rings (SSSR count). The van der Waals surface area contributed by atoms with Crippen molar-refractivity contribution >= 4 is 6.09 Å². The predicted molar refractivity (Wildman–Crippen MR) is 72.8 cm³/mol. The van der Waals surface area contributed by atoms with Crippen LogP contribution in [0.5, 0.6) is 0 Å². The van der Waals surface area contributed by atoms with Crippen LogP contribution >= 0.6 is 0 Å². The van der Waals surface area contributed by atoms with Gasteiger partial charge in [-0.15, -0.1) is 0 Å². The molecule has 1 aliphatic heterocycles. The van der Waals surface area contributed by atoms with E-state index in [2.05, 4.69) is 0 Å². The Morgan fingerprint density at radius 1 is 1.38 bits per heavy atom. The van der Waals surface area contributed by atoms with E-state index in [0.717, 1.165) is 6.07 Å². The smallest absolute Gasteiger partial charge is 0.409 e. The van der Waals surface area contributed by atoms with Gasteiger partial charge in [0.05, 0.1) is 12.2 Å². The van der Waals surface area contributed by atoms with Crippen molar-refractivity contribution in [1.82, 2.24) is 4.90 Å². The summed E-state index contributed by atoms with van der Waals surface area (Å²) in [4.78, 5) is 13.1. The molecule has 1 fully saturated rings. The molecule has 1 heterocycles. The maximum Gasteiger partial charge on any atom is 0.409 e. The Labute approximate surface area is 122 Å². The summed E-state index contributed by atoms with van der Waals surface area (Å²) >= 11 is 0. The highest BCUT2D eigenvalue weighted by atomic mass is 19.1. The highest BCUT2D eigenvalue weighted by Crippen LogP contribution is 2.27. The average molecular weight is 299 g/mol. The lowest BCUT2D eigenvalue weighted by Gasteiger charge is -2.37. The van der Waals surface area contributed by atoms with Gasteiger partial charge in [-0.25, -0.2) is 13.6 Å². The summed E-state index contributed by atoms with van der Waals surface area (Å²) in [7, 11) is 0. The summed E-state index contributed by atoms with van der Waals surface area (Å²) in [5.41, 5.74) is -0.801. The summed E-state index contributed by atoms with van der Waals surface area (Å²) < 4.78 is 31.4. The van der Waals surface area contributed by atoms with E-state index in [1.165, 1.54) is 17.0 Å². The molecule has 1 aromatic carbocycles. The summed E-state index contributed by atoms with van der Waals surface area (Å²) in [6.45, 7) is 2.76. The highest BCUT2D eigenvalue weighted by molar-refractivity contribution is 5.67. The van der Waals surface area contributed by atoms with Crippen molar-refractivity contribution < 1.29 is 23.4 Å². The fraction of sp³-hybridized carbons (Fsp3) is 0.533. The molecule has 21 heavy (non-hydrogen) atoms. The van der Waals surface area contributed by atoms with Crippen LogP contribution in [0.4, 0.5) is 13.6 Å². The zero-order valence-electron chi connectivity index (χ0n) is 11.9. The van der Waals surface area contributed by atoms with Crippen LogP contribution in [-0.2, 0) is 11.2 Å². The van der Waals surface area contributed by atoms with Gasteiger partial charge in [-0.05, 0) is 31.4 Å². The molecule has 0 spiro atoms. The molecule has 1 amide bonds. The molecule has 0 unspecified atom stereocenters. The van der Waals surface area contributed by atoms with Crippen LogP contribution in [0, 0.1) is 11.6 Å². The SMILES string of the molecule is CCOC(=O)N1CCC(O)(Cc2ccc(F)cc2F)CC1. The maximum absolute atomic E-state index is 13.6. The number of carbonyl (C=O) groups excluding carboxylic acids is 1. The minimum Gasteiger partial charge on any atom is -0.450 e. The molecule has 116 valence electrons. The number of aliphatic hydroxyl groups is 1. The molecule has 1 saturated heterocycles. The first-order chi connectivity index (χ1) is 9.93. The fourth-order valence-electron chi connectivity index (χ4n) is 2.52. The van der Waals surface area contributed by atoms with Crippen molar-refractivity contribution in [3.8, 4) is 0 Å². The fourth-order valence-corrected chi connectivity index (χ4v) is 2.52. The molecular weight excluding hydrogens is 280 g/mol. The number of halogens is 2. The third-order valence-electron chi connectivity index (χ3n) is 3.75. The molecule has 0 bridgehead atoms. The predicted octanol–water partition coefficient (Wildman–Crippen LogP) is 2.49. The van der Waals surface area contributed by atoms with Gasteiger partial charge in [0.15, 0.2) is 0 Å². The first-order valence-corrected chi connectivity index (χ1v) is 7.01. The van der Waals surface area contributed by atoms with Gasteiger partial charge in [0.1, 0.15) is 11.6 Å². The molecule has 0 radical (unpaired) electrons. The quantitative estimate of drug-likeness (QED) is 0.933. The Morgan fingerprint density at radius 3 is 2.62 bits per heavy atom. The molecule has 1 aliphatic rings. The van der Waals surface area contributed by atoms with Crippen LogP contribution in [0.1, 0.15) is 25.3 Å². The van der Waals surface area contributed by atoms with Gasteiger partial charge >= 0.3 is 6.09 Å². The second-order valence-electron chi connectivity index (χ2n) is 5.32. The lowest BCUT2D eigenvalue weighted by molar-refractivity contribution is -0.0200. The van der Waals surface area contributed by atoms with Gasteiger partial charge < -0.3 is 14.7 Å². The summed E-state index contributed by atoms with van der Waals surface area (Å²) in [5.74, 6) is -1.29. The Hall–Kier alpha value is -1.69. The minimum absolute atomic E-state index is 0.107. The molecule has 0 atom stereocenters. The van der Waals surface area contributed by atoms with Gasteiger partial charge in [-0.1, -0.05) is 6.07 Å². The Bertz CT molecular complexity index is 514. The number of amides is 1. The lowest BCUT2D eigenvalue weighted by Crippen LogP contribution is -2.48. The Balaban J connectivity index is 1.97. The normalized spacial score (nSPS) is 17.6. The average Bonchev–Trinajstić information content (AvgIpc) is 2.43. The Morgan fingerprint density at radius 2 is 2.05 bits per heavy atom. The van der Waals surface area contributed by atoms with Crippen LogP contribution in [0.3, 0.4) is 0 Å². The first-order valence-electron chi connectivity index (χ1n) is 7.01.